The lowest BCUT2D eigenvalue weighted by Crippen LogP contribution is -2.30. The molecule has 1 heterocycles. The average molecular weight is 232 g/mol. The van der Waals surface area contributed by atoms with E-state index >= 15 is 0 Å². The highest BCUT2D eigenvalue weighted by atomic mass is 16.1. The number of Topliss-reactive ketones (excluding diaryl/α,β-unsaturated/α-hetero) is 1. The summed E-state index contributed by atoms with van der Waals surface area (Å²) in [6, 6.07) is 6.04. The van der Waals surface area contributed by atoms with Gasteiger partial charge in [0, 0.05) is 18.2 Å². The third kappa shape index (κ3) is 3.63. The van der Waals surface area contributed by atoms with Crippen LogP contribution < -0.4 is 0 Å². The van der Waals surface area contributed by atoms with Crippen LogP contribution in [0.3, 0.4) is 0 Å². The number of carbonyl (C=O) groups excluding carboxylic acids is 1. The van der Waals surface area contributed by atoms with E-state index in [1.165, 1.54) is 0 Å². The van der Waals surface area contributed by atoms with Crippen molar-refractivity contribution in [3.8, 4) is 0 Å². The summed E-state index contributed by atoms with van der Waals surface area (Å²) in [5.41, 5.74) is 2.09. The monoisotopic (exact) mass is 232 g/mol. The summed E-state index contributed by atoms with van der Waals surface area (Å²) < 4.78 is 0. The molecule has 0 aliphatic heterocycles. The van der Waals surface area contributed by atoms with E-state index in [1.54, 1.807) is 0 Å². The summed E-state index contributed by atoms with van der Waals surface area (Å²) in [7, 11) is 0. The van der Waals surface area contributed by atoms with Crippen LogP contribution in [0.5, 0.6) is 0 Å². The van der Waals surface area contributed by atoms with Crippen molar-refractivity contribution in [3.63, 3.8) is 0 Å². The number of aromatic nitrogens is 1. The van der Waals surface area contributed by atoms with Gasteiger partial charge in [-0.1, -0.05) is 13.0 Å². The number of pyridine rings is 1. The van der Waals surface area contributed by atoms with E-state index < -0.39 is 0 Å². The highest BCUT2D eigenvalue weighted by Crippen LogP contribution is 2.30. The van der Waals surface area contributed by atoms with Gasteiger partial charge >= 0.3 is 0 Å². The van der Waals surface area contributed by atoms with Gasteiger partial charge in [-0.15, -0.1) is 0 Å². The van der Waals surface area contributed by atoms with Gasteiger partial charge < -0.3 is 0 Å². The van der Waals surface area contributed by atoms with Crippen molar-refractivity contribution in [2.24, 2.45) is 5.92 Å². The highest BCUT2D eigenvalue weighted by molar-refractivity contribution is 5.84. The zero-order valence-corrected chi connectivity index (χ0v) is 10.6. The maximum Gasteiger partial charge on any atom is 0.149 e. The molecule has 1 aliphatic carbocycles. The van der Waals surface area contributed by atoms with Crippen LogP contribution in [0.4, 0.5) is 0 Å². The Hall–Kier alpha value is -1.22. The molecule has 1 aliphatic rings. The van der Waals surface area contributed by atoms with Gasteiger partial charge in [0.05, 0.1) is 12.2 Å². The summed E-state index contributed by atoms with van der Waals surface area (Å²) >= 11 is 0. The largest absolute Gasteiger partial charge is 0.298 e. The van der Waals surface area contributed by atoms with Crippen LogP contribution in [0.2, 0.25) is 0 Å². The minimum atomic E-state index is 0.356. The highest BCUT2D eigenvalue weighted by Gasteiger charge is 2.30. The number of likely N-dealkylation sites (N-methyl/N-ethyl adjacent to an activating group) is 1. The predicted molar refractivity (Wildman–Crippen MR) is 67.7 cm³/mol. The van der Waals surface area contributed by atoms with Crippen molar-refractivity contribution >= 4 is 5.78 Å². The normalized spacial score (nSPS) is 15.2. The van der Waals surface area contributed by atoms with E-state index in [4.69, 9.17) is 0 Å². The van der Waals surface area contributed by atoms with E-state index in [2.05, 4.69) is 16.8 Å². The SMILES string of the molecule is CCN(CC(=O)C1CC1)Cc1cccc(C)n1. The summed E-state index contributed by atoms with van der Waals surface area (Å²) in [5.74, 6) is 0.758. The molecule has 0 unspecified atom stereocenters. The van der Waals surface area contributed by atoms with Crippen LogP contribution in [0, 0.1) is 12.8 Å². The number of hydrogen-bond acceptors (Lipinski definition) is 3. The van der Waals surface area contributed by atoms with Crippen LogP contribution in [0.15, 0.2) is 18.2 Å². The van der Waals surface area contributed by atoms with Gasteiger partial charge in [-0.3, -0.25) is 14.7 Å². The molecular formula is C14H20N2O. The van der Waals surface area contributed by atoms with Crippen LogP contribution in [-0.4, -0.2) is 28.8 Å². The van der Waals surface area contributed by atoms with Gasteiger partial charge in [0.15, 0.2) is 0 Å². The van der Waals surface area contributed by atoms with Gasteiger partial charge in [0.25, 0.3) is 0 Å². The van der Waals surface area contributed by atoms with Crippen LogP contribution in [0.1, 0.15) is 31.2 Å². The topological polar surface area (TPSA) is 33.2 Å². The van der Waals surface area contributed by atoms with E-state index in [1.807, 2.05) is 25.1 Å². The third-order valence-corrected chi connectivity index (χ3v) is 3.19. The Morgan fingerprint density at radius 1 is 1.47 bits per heavy atom. The Bertz CT molecular complexity index is 399. The number of hydrogen-bond donors (Lipinski definition) is 0. The zero-order valence-electron chi connectivity index (χ0n) is 10.6. The molecule has 2 rings (SSSR count). The molecule has 0 bridgehead atoms. The number of carbonyl (C=O) groups is 1. The standard InChI is InChI=1S/C14H20N2O/c1-3-16(10-14(17)12-7-8-12)9-13-6-4-5-11(2)15-13/h4-6,12H,3,7-10H2,1-2H3. The molecule has 0 spiro atoms. The quantitative estimate of drug-likeness (QED) is 0.754. The van der Waals surface area contributed by atoms with E-state index in [9.17, 15) is 4.79 Å². The Kier molecular flexibility index (Phi) is 3.89. The molecule has 92 valence electrons. The first-order chi connectivity index (χ1) is 8.19. The molecule has 0 N–H and O–H groups in total. The van der Waals surface area contributed by atoms with Crippen LogP contribution in [0.25, 0.3) is 0 Å². The number of ketones is 1. The zero-order chi connectivity index (χ0) is 12.3. The maximum atomic E-state index is 11.8. The molecule has 1 aromatic heterocycles. The van der Waals surface area contributed by atoms with Gasteiger partial charge in [-0.2, -0.15) is 0 Å². The summed E-state index contributed by atoms with van der Waals surface area (Å²) in [6.45, 7) is 6.34. The first kappa shape index (κ1) is 12.2. The first-order valence-electron chi connectivity index (χ1n) is 6.36. The van der Waals surface area contributed by atoms with Crippen molar-refractivity contribution in [2.75, 3.05) is 13.1 Å². The van der Waals surface area contributed by atoms with Gasteiger partial charge in [-0.05, 0) is 38.4 Å². The van der Waals surface area contributed by atoms with Gasteiger partial charge in [0.1, 0.15) is 5.78 Å². The van der Waals surface area contributed by atoms with Gasteiger partial charge in [-0.25, -0.2) is 0 Å². The lowest BCUT2D eigenvalue weighted by molar-refractivity contribution is -0.121. The van der Waals surface area contributed by atoms with Crippen molar-refractivity contribution in [1.29, 1.82) is 0 Å². The van der Waals surface area contributed by atoms with Gasteiger partial charge in [0.2, 0.25) is 0 Å². The van der Waals surface area contributed by atoms with Crippen molar-refractivity contribution in [3.05, 3.63) is 29.6 Å². The molecule has 3 heteroatoms. The molecule has 1 aromatic rings. The van der Waals surface area contributed by atoms with Crippen molar-refractivity contribution < 1.29 is 4.79 Å². The van der Waals surface area contributed by atoms with Crippen molar-refractivity contribution in [1.82, 2.24) is 9.88 Å². The van der Waals surface area contributed by atoms with Crippen LogP contribution >= 0.6 is 0 Å². The van der Waals surface area contributed by atoms with E-state index in [0.29, 0.717) is 18.2 Å². The maximum absolute atomic E-state index is 11.8. The lowest BCUT2D eigenvalue weighted by Gasteiger charge is -2.19. The minimum Gasteiger partial charge on any atom is -0.298 e. The predicted octanol–water partition coefficient (Wildman–Crippen LogP) is 2.19. The second-order valence-corrected chi connectivity index (χ2v) is 4.81. The smallest absolute Gasteiger partial charge is 0.149 e. The summed E-state index contributed by atoms with van der Waals surface area (Å²) in [4.78, 5) is 18.4. The molecule has 1 fully saturated rings. The number of nitrogens with zero attached hydrogens (tertiary/aromatic N) is 2. The van der Waals surface area contributed by atoms with Crippen LogP contribution in [-0.2, 0) is 11.3 Å². The fourth-order valence-electron chi connectivity index (χ4n) is 1.95. The molecule has 0 aromatic carbocycles. The lowest BCUT2D eigenvalue weighted by atomic mass is 10.2. The Morgan fingerprint density at radius 3 is 2.82 bits per heavy atom. The summed E-state index contributed by atoms with van der Waals surface area (Å²) in [6.07, 6.45) is 2.19. The van der Waals surface area contributed by atoms with E-state index in [0.717, 1.165) is 37.3 Å². The molecule has 0 atom stereocenters. The fraction of sp³-hybridized carbons (Fsp3) is 0.571. The Balaban J connectivity index is 1.92. The molecular weight excluding hydrogens is 212 g/mol. The Morgan fingerprint density at radius 2 is 2.24 bits per heavy atom. The third-order valence-electron chi connectivity index (χ3n) is 3.19. The van der Waals surface area contributed by atoms with E-state index in [-0.39, 0.29) is 0 Å². The molecule has 0 saturated heterocycles. The van der Waals surface area contributed by atoms with Crippen molar-refractivity contribution in [2.45, 2.75) is 33.2 Å². The fourth-order valence-corrected chi connectivity index (χ4v) is 1.95. The minimum absolute atomic E-state index is 0.356. The number of aryl methyl sites for hydroxylation is 1. The average Bonchev–Trinajstić information content (AvgIpc) is 3.12. The first-order valence-corrected chi connectivity index (χ1v) is 6.36. The summed E-state index contributed by atoms with van der Waals surface area (Å²) in [5, 5.41) is 0. The second kappa shape index (κ2) is 5.41. The molecule has 17 heavy (non-hydrogen) atoms. The number of rotatable bonds is 6. The molecule has 3 nitrogen and oxygen atoms in total. The molecule has 0 radical (unpaired) electrons. The molecule has 0 amide bonds. The Labute approximate surface area is 103 Å². The second-order valence-electron chi connectivity index (χ2n) is 4.81. The molecule has 1 saturated carbocycles.